The van der Waals surface area contributed by atoms with Crippen LogP contribution >= 0.6 is 22.6 Å². The number of ether oxygens (including phenoxy) is 1. The van der Waals surface area contributed by atoms with Crippen molar-refractivity contribution in [3.8, 4) is 5.75 Å². The topological polar surface area (TPSA) is 52.3 Å². The van der Waals surface area contributed by atoms with E-state index in [9.17, 15) is 13.6 Å². The molecule has 0 unspecified atom stereocenters. The van der Waals surface area contributed by atoms with Crippen molar-refractivity contribution in [3.63, 3.8) is 0 Å². The van der Waals surface area contributed by atoms with Crippen molar-refractivity contribution < 1.29 is 18.3 Å². The van der Waals surface area contributed by atoms with E-state index >= 15 is 0 Å². The smallest absolute Gasteiger partial charge is 0.387 e. The summed E-state index contributed by atoms with van der Waals surface area (Å²) >= 11 is 1.85. The molecule has 0 heterocycles. The summed E-state index contributed by atoms with van der Waals surface area (Å²) in [5.41, 5.74) is 6.09. The van der Waals surface area contributed by atoms with Crippen molar-refractivity contribution >= 4 is 34.1 Å². The number of anilines is 1. The fourth-order valence-electron chi connectivity index (χ4n) is 1.06. The number of carbonyl (C=O) groups excluding carboxylic acids is 1. The van der Waals surface area contributed by atoms with E-state index in [1.54, 1.807) is 0 Å². The Bertz CT molecular complexity index is 396. The van der Waals surface area contributed by atoms with Crippen molar-refractivity contribution in [2.24, 2.45) is 0 Å². The minimum absolute atomic E-state index is 0.0613. The molecule has 2 N–H and O–H groups in total. The summed E-state index contributed by atoms with van der Waals surface area (Å²) in [5, 5.41) is 0. The molecule has 0 saturated heterocycles. The first-order chi connectivity index (χ1) is 6.91. The summed E-state index contributed by atoms with van der Waals surface area (Å²) in [6.45, 7) is -1.60. The highest BCUT2D eigenvalue weighted by Crippen LogP contribution is 2.27. The van der Waals surface area contributed by atoms with Gasteiger partial charge in [-0.3, -0.25) is 4.79 Å². The van der Waals surface area contributed by atoms with Gasteiger partial charge in [-0.25, -0.2) is 0 Å². The molecular weight excluding hydrogens is 319 g/mol. The monoisotopic (exact) mass is 327 g/mol. The van der Waals surface area contributed by atoms with Gasteiger partial charge in [0, 0.05) is 9.13 Å². The number of benzene rings is 1. The molecule has 0 radical (unpaired) electrons. The van der Waals surface area contributed by atoms with Gasteiger partial charge in [0.15, 0.2) is 5.78 Å². The number of hydrogen-bond acceptors (Lipinski definition) is 3. The maximum absolute atomic E-state index is 11.9. The van der Waals surface area contributed by atoms with Gasteiger partial charge in [0.05, 0.1) is 5.69 Å². The summed E-state index contributed by atoms with van der Waals surface area (Å²) in [4.78, 5) is 11.1. The lowest BCUT2D eigenvalue weighted by molar-refractivity contribution is -0.0499. The van der Waals surface area contributed by atoms with E-state index in [1.165, 1.54) is 19.1 Å². The zero-order valence-corrected chi connectivity index (χ0v) is 9.92. The van der Waals surface area contributed by atoms with Crippen molar-refractivity contribution in [2.75, 3.05) is 5.73 Å². The van der Waals surface area contributed by atoms with E-state index < -0.39 is 6.61 Å². The Balaban J connectivity index is 3.17. The van der Waals surface area contributed by atoms with E-state index in [-0.39, 0.29) is 22.8 Å². The van der Waals surface area contributed by atoms with E-state index in [4.69, 9.17) is 5.73 Å². The molecule has 3 nitrogen and oxygen atoms in total. The Kier molecular flexibility index (Phi) is 3.83. The highest BCUT2D eigenvalue weighted by atomic mass is 127. The molecular formula is C9H8F2INO2. The minimum Gasteiger partial charge on any atom is -0.435 e. The summed E-state index contributed by atoms with van der Waals surface area (Å²) in [7, 11) is 0. The van der Waals surface area contributed by atoms with Gasteiger partial charge >= 0.3 is 6.61 Å². The Morgan fingerprint density at radius 1 is 1.53 bits per heavy atom. The van der Waals surface area contributed by atoms with E-state index in [0.717, 1.165) is 0 Å². The Hall–Kier alpha value is -0.920. The molecule has 1 aromatic carbocycles. The van der Waals surface area contributed by atoms with Gasteiger partial charge in [0.2, 0.25) is 0 Å². The van der Waals surface area contributed by atoms with Gasteiger partial charge < -0.3 is 10.5 Å². The van der Waals surface area contributed by atoms with Crippen LogP contribution in [0.15, 0.2) is 12.1 Å². The number of carbonyl (C=O) groups is 1. The predicted octanol–water partition coefficient (Wildman–Crippen LogP) is 2.68. The third kappa shape index (κ3) is 3.01. The number of rotatable bonds is 3. The molecule has 0 amide bonds. The van der Waals surface area contributed by atoms with Crippen molar-refractivity contribution in [1.82, 2.24) is 0 Å². The van der Waals surface area contributed by atoms with Gasteiger partial charge in [-0.15, -0.1) is 0 Å². The van der Waals surface area contributed by atoms with Crippen molar-refractivity contribution in [1.29, 1.82) is 0 Å². The van der Waals surface area contributed by atoms with E-state index in [1.807, 2.05) is 22.6 Å². The molecule has 82 valence electrons. The van der Waals surface area contributed by atoms with Crippen LogP contribution in [0.2, 0.25) is 0 Å². The maximum Gasteiger partial charge on any atom is 0.387 e. The fraction of sp³-hybridized carbons (Fsp3) is 0.222. The molecule has 1 rings (SSSR count). The largest absolute Gasteiger partial charge is 0.435 e. The average molecular weight is 327 g/mol. The summed E-state index contributed by atoms with van der Waals surface area (Å²) in [5.74, 6) is -0.348. The first kappa shape index (κ1) is 12.2. The van der Waals surface area contributed by atoms with Crippen LogP contribution in [0, 0.1) is 3.57 Å². The Morgan fingerprint density at radius 2 is 2.13 bits per heavy atom. The molecule has 0 aliphatic rings. The molecule has 0 spiro atoms. The SMILES string of the molecule is CC(=O)c1cc(OC(F)F)cc(I)c1N. The predicted molar refractivity (Wildman–Crippen MR) is 60.2 cm³/mol. The normalized spacial score (nSPS) is 10.5. The molecule has 1 aromatic rings. The molecule has 0 aliphatic carbocycles. The number of nitrogen functional groups attached to an aromatic ring is 1. The molecule has 6 heteroatoms. The first-order valence-corrected chi connectivity index (χ1v) is 5.04. The van der Waals surface area contributed by atoms with Crippen LogP contribution in [0.25, 0.3) is 0 Å². The van der Waals surface area contributed by atoms with Crippen LogP contribution in [-0.2, 0) is 0 Å². The second-order valence-corrected chi connectivity index (χ2v) is 3.96. The van der Waals surface area contributed by atoms with Crippen LogP contribution in [0.5, 0.6) is 5.75 Å². The van der Waals surface area contributed by atoms with E-state index in [0.29, 0.717) is 3.57 Å². The molecule has 0 fully saturated rings. The zero-order chi connectivity index (χ0) is 11.6. The standard InChI is InChI=1S/C9H8F2INO2/c1-4(14)6-2-5(15-9(10)11)3-7(12)8(6)13/h2-3,9H,13H2,1H3. The van der Waals surface area contributed by atoms with Gasteiger partial charge in [-0.2, -0.15) is 8.78 Å². The van der Waals surface area contributed by atoms with Crippen LogP contribution in [0.3, 0.4) is 0 Å². The number of nitrogens with two attached hydrogens (primary N) is 1. The first-order valence-electron chi connectivity index (χ1n) is 3.96. The maximum atomic E-state index is 11.9. The Morgan fingerprint density at radius 3 is 2.60 bits per heavy atom. The van der Waals surface area contributed by atoms with Crippen LogP contribution in [0.1, 0.15) is 17.3 Å². The Labute approximate surface area is 98.7 Å². The number of Topliss-reactive ketones (excluding diaryl/α,β-unsaturated/α-hetero) is 1. The second-order valence-electron chi connectivity index (χ2n) is 2.80. The lowest BCUT2D eigenvalue weighted by atomic mass is 10.1. The summed E-state index contributed by atoms with van der Waals surface area (Å²) in [6.07, 6.45) is 0. The average Bonchev–Trinajstić information content (AvgIpc) is 2.09. The fourth-order valence-corrected chi connectivity index (χ4v) is 1.65. The third-order valence-corrected chi connectivity index (χ3v) is 2.60. The minimum atomic E-state index is -2.91. The zero-order valence-electron chi connectivity index (χ0n) is 7.76. The molecule has 0 aliphatic heterocycles. The van der Waals surface area contributed by atoms with Crippen LogP contribution in [-0.4, -0.2) is 12.4 Å². The summed E-state index contributed by atoms with van der Waals surface area (Å²) in [6, 6.07) is 2.57. The highest BCUT2D eigenvalue weighted by Gasteiger charge is 2.13. The number of hydrogen-bond donors (Lipinski definition) is 1. The number of ketones is 1. The molecule has 0 bridgehead atoms. The quantitative estimate of drug-likeness (QED) is 0.528. The van der Waals surface area contributed by atoms with Crippen LogP contribution < -0.4 is 10.5 Å². The van der Waals surface area contributed by atoms with Gasteiger partial charge in [0.25, 0.3) is 0 Å². The number of halogens is 3. The van der Waals surface area contributed by atoms with Gasteiger partial charge in [-0.1, -0.05) is 0 Å². The molecule has 15 heavy (non-hydrogen) atoms. The van der Waals surface area contributed by atoms with Gasteiger partial charge in [-0.05, 0) is 41.6 Å². The molecule has 0 saturated carbocycles. The van der Waals surface area contributed by atoms with Crippen LogP contribution in [0.4, 0.5) is 14.5 Å². The van der Waals surface area contributed by atoms with Crippen molar-refractivity contribution in [2.45, 2.75) is 13.5 Å². The lowest BCUT2D eigenvalue weighted by Crippen LogP contribution is -2.06. The highest BCUT2D eigenvalue weighted by molar-refractivity contribution is 14.1. The molecule has 0 aromatic heterocycles. The second kappa shape index (κ2) is 4.73. The summed E-state index contributed by atoms with van der Waals surface area (Å²) < 4.78 is 28.6. The van der Waals surface area contributed by atoms with Crippen molar-refractivity contribution in [3.05, 3.63) is 21.3 Å². The lowest BCUT2D eigenvalue weighted by Gasteiger charge is -2.09. The van der Waals surface area contributed by atoms with E-state index in [2.05, 4.69) is 4.74 Å². The molecule has 0 atom stereocenters. The third-order valence-electron chi connectivity index (χ3n) is 1.71. The number of alkyl halides is 2. The van der Waals surface area contributed by atoms with Gasteiger partial charge in [0.1, 0.15) is 5.75 Å².